The fourth-order valence-corrected chi connectivity index (χ4v) is 13.1. The van der Waals surface area contributed by atoms with E-state index in [0.717, 1.165) is 68.9 Å². The van der Waals surface area contributed by atoms with Gasteiger partial charge in [-0.25, -0.2) is 14.2 Å². The quantitative estimate of drug-likeness (QED) is 0.0248. The van der Waals surface area contributed by atoms with E-state index in [1.165, 1.54) is 80.8 Å². The second-order valence-corrected chi connectivity index (χ2v) is 23.1. The van der Waals surface area contributed by atoms with Crippen LogP contribution >= 0.6 is 0 Å². The molecule has 1 aliphatic carbocycles. The molecule has 3 heterocycles. The third kappa shape index (κ3) is 11.5. The van der Waals surface area contributed by atoms with Crippen molar-refractivity contribution in [2.45, 2.75) is 129 Å². The number of anilines is 1. The standard InChI is InChI=1S/C63H74N8O10/c1-9-70-51-34-50-48(33-47(51)37(2)35-62(70,4)5)55(49-31-40-16-12-28-69-29-13-19-46(57(40)69)56(49)63(50,6)7)43-17-10-11-18-44(43)59(75)68(8)27-14-20-54(73)67-36-39-21-23-42(52(30-39)71(78)79)38(3)80-61(77)66-26-15-25-65-58(74)41-22-24-45(53(72)32-41)60(76)81-64/h10-11,17-18,21-24,30-34,37-38H,9,12-16,19-20,25-29,35-36,64H2,1-8H3,(H3-,65,66,67,72,73,74,76,77)/p+1. The molecule has 426 valence electrons. The van der Waals surface area contributed by atoms with Gasteiger partial charge in [0.05, 0.1) is 10.5 Å². The molecule has 18 nitrogen and oxygen atoms in total. The molecule has 81 heavy (non-hydrogen) atoms. The van der Waals surface area contributed by atoms with Crippen molar-refractivity contribution < 1.29 is 43.6 Å². The number of ether oxygens (including phenoxy) is 1. The van der Waals surface area contributed by atoms with Crippen LogP contribution in [0, 0.1) is 10.1 Å². The summed E-state index contributed by atoms with van der Waals surface area (Å²) in [5, 5.41) is 33.0. The number of fused-ring (bicyclic) bond motifs is 4. The number of aromatic hydroxyl groups is 1. The van der Waals surface area contributed by atoms with E-state index in [4.69, 9.17) is 10.6 Å². The summed E-state index contributed by atoms with van der Waals surface area (Å²) in [6, 6.07) is 23.5. The fraction of sp³-hybridized carbons (Fsp3) is 0.429. The van der Waals surface area contributed by atoms with Crippen LogP contribution in [0.15, 0.2) is 78.9 Å². The van der Waals surface area contributed by atoms with E-state index >= 15 is 0 Å². The molecule has 2 unspecified atom stereocenters. The molecule has 3 aliphatic heterocycles. The normalized spacial score (nSPS) is 16.6. The van der Waals surface area contributed by atoms with Gasteiger partial charge in [0, 0.05) is 104 Å². The number of alkyl carbamates (subject to hydrolysis) is 1. The number of nitro groups is 1. The van der Waals surface area contributed by atoms with Gasteiger partial charge in [0.1, 0.15) is 30.5 Å². The second kappa shape index (κ2) is 23.5. The summed E-state index contributed by atoms with van der Waals surface area (Å²) >= 11 is 0. The Kier molecular flexibility index (Phi) is 16.7. The summed E-state index contributed by atoms with van der Waals surface area (Å²) in [7, 11) is 1.78. The Labute approximate surface area is 472 Å². The van der Waals surface area contributed by atoms with Crippen molar-refractivity contribution in [3.63, 3.8) is 0 Å². The van der Waals surface area contributed by atoms with Gasteiger partial charge in [0.25, 0.3) is 17.5 Å². The van der Waals surface area contributed by atoms with Crippen LogP contribution in [0.5, 0.6) is 5.75 Å². The lowest BCUT2D eigenvalue weighted by Gasteiger charge is -2.48. The smallest absolute Gasteiger partial charge is 0.407 e. The average molecular weight is 1100 g/mol. The molecule has 6 N–H and O–H groups in total. The van der Waals surface area contributed by atoms with Crippen LogP contribution in [0.4, 0.5) is 16.2 Å². The van der Waals surface area contributed by atoms with E-state index < -0.39 is 34.7 Å². The Morgan fingerprint density at radius 1 is 0.914 bits per heavy atom. The van der Waals surface area contributed by atoms with Crippen LogP contribution in [0.2, 0.25) is 0 Å². The lowest BCUT2D eigenvalue weighted by Crippen LogP contribution is -2.50. The van der Waals surface area contributed by atoms with Crippen molar-refractivity contribution >= 4 is 46.7 Å². The van der Waals surface area contributed by atoms with Crippen LogP contribution in [0.3, 0.4) is 0 Å². The highest BCUT2D eigenvalue weighted by Gasteiger charge is 2.43. The number of benzene rings is 5. The maximum atomic E-state index is 14.9. The largest absolute Gasteiger partial charge is 0.507 e. The van der Waals surface area contributed by atoms with Gasteiger partial charge in [0.15, 0.2) is 0 Å². The Balaban J connectivity index is 0.844. The van der Waals surface area contributed by atoms with E-state index in [2.05, 4.69) is 96.1 Å². The van der Waals surface area contributed by atoms with Gasteiger partial charge in [-0.05, 0) is 158 Å². The first-order valence-corrected chi connectivity index (χ1v) is 28.3. The van der Waals surface area contributed by atoms with Crippen LogP contribution in [-0.4, -0.2) is 96.6 Å². The summed E-state index contributed by atoms with van der Waals surface area (Å²) in [6.45, 7) is 19.3. The van der Waals surface area contributed by atoms with Crippen LogP contribution in [0.1, 0.15) is 180 Å². The zero-order chi connectivity index (χ0) is 58.1. The number of carbonyl (C=O) groups excluding carboxylic acids is 5. The molecule has 0 saturated carbocycles. The average Bonchev–Trinajstić information content (AvgIpc) is 3.24. The predicted octanol–water partition coefficient (Wildman–Crippen LogP) is 7.49. The van der Waals surface area contributed by atoms with Crippen molar-refractivity contribution in [1.82, 2.24) is 25.4 Å². The van der Waals surface area contributed by atoms with Gasteiger partial charge in [-0.1, -0.05) is 45.0 Å². The van der Waals surface area contributed by atoms with Crippen molar-refractivity contribution in [3.8, 4) is 5.75 Å². The predicted molar refractivity (Wildman–Crippen MR) is 309 cm³/mol. The number of rotatable bonds is 18. The molecule has 9 rings (SSSR count). The van der Waals surface area contributed by atoms with Crippen LogP contribution in [0.25, 0.3) is 5.57 Å². The van der Waals surface area contributed by atoms with Gasteiger partial charge in [-0.15, -0.1) is 0 Å². The lowest BCUT2D eigenvalue weighted by atomic mass is 9.64. The van der Waals surface area contributed by atoms with E-state index in [1.807, 2.05) is 18.2 Å². The fourth-order valence-electron chi connectivity index (χ4n) is 13.1. The molecule has 18 heteroatoms. The van der Waals surface area contributed by atoms with Gasteiger partial charge in [-0.3, -0.25) is 24.5 Å². The molecule has 0 fully saturated rings. The van der Waals surface area contributed by atoms with E-state index in [-0.39, 0.29) is 71.2 Å². The first kappa shape index (κ1) is 57.6. The maximum absolute atomic E-state index is 14.9. The number of carbonyl (C=O) groups is 5. The number of amides is 4. The molecule has 0 spiro atoms. The Hall–Kier alpha value is -8.12. The zero-order valence-electron chi connectivity index (χ0n) is 47.8. The number of nitrogens with two attached hydrogens (primary N) is 1. The maximum Gasteiger partial charge on any atom is 0.407 e. The van der Waals surface area contributed by atoms with Crippen LogP contribution < -0.4 is 41.9 Å². The highest BCUT2D eigenvalue weighted by molar-refractivity contribution is 6.02. The molecule has 0 radical (unpaired) electrons. The van der Waals surface area contributed by atoms with Crippen LogP contribution in [-0.2, 0) is 39.2 Å². The van der Waals surface area contributed by atoms with E-state index in [0.29, 0.717) is 36.4 Å². The highest BCUT2D eigenvalue weighted by atomic mass is 16.7. The zero-order valence-corrected chi connectivity index (χ0v) is 47.8. The third-order valence-electron chi connectivity index (χ3n) is 16.9. The second-order valence-electron chi connectivity index (χ2n) is 23.1. The summed E-state index contributed by atoms with van der Waals surface area (Å²) < 4.78 is 8.06. The van der Waals surface area contributed by atoms with Crippen molar-refractivity contribution in [3.05, 3.63) is 166 Å². The van der Waals surface area contributed by atoms with Crippen molar-refractivity contribution in [1.29, 1.82) is 0 Å². The number of hydrogen-bond acceptors (Lipinski definition) is 12. The number of nitrogens with zero attached hydrogens (tertiary/aromatic N) is 4. The topological polar surface area (TPSA) is 239 Å². The number of nitrogens with one attached hydrogen (secondary N) is 3. The molecular weight excluding hydrogens is 1030 g/mol. The number of phenols is 1. The van der Waals surface area contributed by atoms with Gasteiger partial charge in [0.2, 0.25) is 11.3 Å². The van der Waals surface area contributed by atoms with E-state index in [1.54, 1.807) is 18.0 Å². The van der Waals surface area contributed by atoms with Crippen molar-refractivity contribution in [2.75, 3.05) is 51.2 Å². The molecule has 0 aromatic heterocycles. The Morgan fingerprint density at radius 3 is 2.38 bits per heavy atom. The number of nitro benzene ring substituents is 1. The molecule has 5 aromatic carbocycles. The minimum absolute atomic E-state index is 0.000685. The number of aryl methyl sites for hydroxylation is 1. The monoisotopic (exact) mass is 1100 g/mol. The van der Waals surface area contributed by atoms with Gasteiger partial charge >= 0.3 is 12.1 Å². The molecule has 4 aliphatic rings. The SMILES string of the molecule is CCN1c2cc3c(cc2C(C)CC1(C)C)C(c1ccccc1C(=O)N(C)CCCC(=O)NCc1ccc(C(C)OC(=O)NCCCNC(=O)c2ccc(C(=O)ON)c(O)c2)c([N+](=O)[O-])c1)=c1cc2c4c(c1C3(C)C)CCC[N+]=4CCC2. The molecular formula is C63H75N8O10+. The first-order chi connectivity index (χ1) is 38.6. The summed E-state index contributed by atoms with van der Waals surface area (Å²) in [6.07, 6.45) is 4.27. The van der Waals surface area contributed by atoms with Crippen molar-refractivity contribution in [2.24, 2.45) is 5.90 Å². The lowest BCUT2D eigenvalue weighted by molar-refractivity contribution is -0.386. The third-order valence-corrected chi connectivity index (χ3v) is 16.9. The Morgan fingerprint density at radius 2 is 1.65 bits per heavy atom. The molecule has 4 amide bonds. The van der Waals surface area contributed by atoms with Gasteiger partial charge in [-0.2, -0.15) is 5.90 Å². The number of phenolic OH excluding ortho intramolecular Hbond substituents is 1. The molecule has 0 saturated heterocycles. The Bertz CT molecular complexity index is 3490. The molecule has 5 aromatic rings. The highest BCUT2D eigenvalue weighted by Crippen LogP contribution is 2.50. The molecule has 2 atom stereocenters. The first-order valence-electron chi connectivity index (χ1n) is 28.3. The summed E-state index contributed by atoms with van der Waals surface area (Å²) in [4.78, 5) is 84.9. The van der Waals surface area contributed by atoms with Gasteiger partial charge < -0.3 is 40.4 Å². The molecule has 0 bridgehead atoms. The minimum Gasteiger partial charge on any atom is -0.507 e. The summed E-state index contributed by atoms with van der Waals surface area (Å²) in [5.74, 6) is 2.81. The minimum atomic E-state index is -1.01. The summed E-state index contributed by atoms with van der Waals surface area (Å²) in [5.41, 5.74) is 11.9. The number of hydrogen-bond donors (Lipinski definition) is 5. The van der Waals surface area contributed by atoms with E-state index in [9.17, 15) is 39.2 Å².